The number of nitrogens with one attached hydrogen (secondary N) is 2. The van der Waals surface area contributed by atoms with Crippen molar-refractivity contribution in [3.63, 3.8) is 0 Å². The lowest BCUT2D eigenvalue weighted by molar-refractivity contribution is -0.116. The largest absolute Gasteiger partial charge is 0.419 e. The number of benzene rings is 2. The van der Waals surface area contributed by atoms with Gasteiger partial charge in [-0.1, -0.05) is 18.2 Å². The number of rotatable bonds is 5. The fourth-order valence-electron chi connectivity index (χ4n) is 3.28. The topological polar surface area (TPSA) is 92.9 Å². The molecule has 0 aliphatic rings. The Morgan fingerprint density at radius 3 is 2.93 bits per heavy atom. The molecule has 0 radical (unpaired) electrons. The Bertz CT molecular complexity index is 1380. The van der Waals surface area contributed by atoms with Crippen LogP contribution in [0.25, 0.3) is 32.8 Å². The molecule has 5 aromatic rings. The van der Waals surface area contributed by atoms with Crippen LogP contribution < -0.4 is 11.1 Å². The van der Waals surface area contributed by atoms with E-state index in [1.54, 1.807) is 29.5 Å². The summed E-state index contributed by atoms with van der Waals surface area (Å²) >= 11 is 1.61. The molecule has 1 amide bonds. The average molecular weight is 404 g/mol. The molecule has 0 spiro atoms. The third-order valence-corrected chi connectivity index (χ3v) is 5.53. The minimum absolute atomic E-state index is 0.158. The van der Waals surface area contributed by atoms with E-state index >= 15 is 0 Å². The fraction of sp³-hybridized carbons (Fsp3) is 0.0952. The van der Waals surface area contributed by atoms with E-state index in [1.807, 2.05) is 41.8 Å². The van der Waals surface area contributed by atoms with Gasteiger partial charge in [0.1, 0.15) is 5.82 Å². The Labute approximate surface area is 168 Å². The molecule has 0 aliphatic heterocycles. The van der Waals surface area contributed by atoms with Gasteiger partial charge < -0.3 is 14.7 Å². The number of aromatic amines is 1. The van der Waals surface area contributed by atoms with Crippen molar-refractivity contribution in [3.8, 4) is 10.7 Å². The van der Waals surface area contributed by atoms with Crippen LogP contribution in [0.4, 0.5) is 5.69 Å². The van der Waals surface area contributed by atoms with Gasteiger partial charge >= 0.3 is 5.76 Å². The normalized spacial score (nSPS) is 11.3. The summed E-state index contributed by atoms with van der Waals surface area (Å²) < 4.78 is 6.67. The van der Waals surface area contributed by atoms with Crippen LogP contribution in [0, 0.1) is 0 Å². The third-order valence-electron chi connectivity index (χ3n) is 4.66. The van der Waals surface area contributed by atoms with Gasteiger partial charge in [0.2, 0.25) is 5.91 Å². The second-order valence-electron chi connectivity index (χ2n) is 6.58. The molecule has 2 aromatic carbocycles. The minimum Gasteiger partial charge on any atom is -0.408 e. The van der Waals surface area contributed by atoms with Gasteiger partial charge in [0, 0.05) is 18.7 Å². The maximum atomic E-state index is 12.4. The Balaban J connectivity index is 1.30. The maximum Gasteiger partial charge on any atom is 0.419 e. The first kappa shape index (κ1) is 17.4. The van der Waals surface area contributed by atoms with Crippen molar-refractivity contribution in [1.82, 2.24) is 14.5 Å². The lowest BCUT2D eigenvalue weighted by Gasteiger charge is -2.06. The average Bonchev–Trinajstić information content (AvgIpc) is 3.44. The molecule has 0 atom stereocenters. The summed E-state index contributed by atoms with van der Waals surface area (Å²) in [6.45, 7) is 0.247. The zero-order chi connectivity index (χ0) is 19.8. The van der Waals surface area contributed by atoms with Crippen molar-refractivity contribution >= 4 is 45.1 Å². The van der Waals surface area contributed by atoms with E-state index < -0.39 is 5.76 Å². The Kier molecular flexibility index (Phi) is 4.25. The molecule has 0 bridgehead atoms. The molecule has 0 saturated heterocycles. The molecule has 2 N–H and O–H groups in total. The molecule has 0 aliphatic carbocycles. The Morgan fingerprint density at radius 2 is 2.07 bits per heavy atom. The van der Waals surface area contributed by atoms with Gasteiger partial charge in [-0.2, -0.15) is 0 Å². The first-order valence-electron chi connectivity index (χ1n) is 9.09. The molecule has 29 heavy (non-hydrogen) atoms. The van der Waals surface area contributed by atoms with E-state index in [2.05, 4.69) is 15.3 Å². The molecule has 7 nitrogen and oxygen atoms in total. The van der Waals surface area contributed by atoms with Crippen LogP contribution in [0.3, 0.4) is 0 Å². The first-order valence-corrected chi connectivity index (χ1v) is 9.97. The molecule has 3 heterocycles. The van der Waals surface area contributed by atoms with Crippen LogP contribution in [-0.2, 0) is 11.3 Å². The summed E-state index contributed by atoms with van der Waals surface area (Å²) in [5.74, 6) is 0.170. The minimum atomic E-state index is -0.459. The predicted molar refractivity (Wildman–Crippen MR) is 113 cm³/mol. The van der Waals surface area contributed by atoms with Crippen LogP contribution >= 0.6 is 11.3 Å². The van der Waals surface area contributed by atoms with Gasteiger partial charge in [-0.3, -0.25) is 9.36 Å². The summed E-state index contributed by atoms with van der Waals surface area (Å²) in [6, 6.07) is 16.7. The number of nitrogens with zero attached hydrogens (tertiary/aromatic N) is 2. The third kappa shape index (κ3) is 3.34. The second-order valence-corrected chi connectivity index (χ2v) is 7.53. The van der Waals surface area contributed by atoms with Gasteiger partial charge in [-0.15, -0.1) is 11.3 Å². The maximum absolute atomic E-state index is 12.4. The monoisotopic (exact) mass is 404 g/mol. The van der Waals surface area contributed by atoms with Gasteiger partial charge in [-0.05, 0) is 41.8 Å². The standard InChI is InChI=1S/C21H16N4O3S/c26-19(9-10-25-16-4-1-2-5-17(16)28-21(25)27)22-13-7-8-14-15(12-13)24-20(23-14)18-6-3-11-29-18/h1-8,11-12H,9-10H2,(H,22,26)(H,23,24). The van der Waals surface area contributed by atoms with Crippen molar-refractivity contribution in [1.29, 1.82) is 0 Å². The van der Waals surface area contributed by atoms with E-state index in [4.69, 9.17) is 4.42 Å². The molecule has 0 fully saturated rings. The highest BCUT2D eigenvalue weighted by Crippen LogP contribution is 2.26. The van der Waals surface area contributed by atoms with Crippen molar-refractivity contribution in [2.45, 2.75) is 13.0 Å². The SMILES string of the molecule is O=C(CCn1c(=O)oc2ccccc21)Nc1ccc2nc(-c3cccs3)[nH]c2c1. The summed E-state index contributed by atoms with van der Waals surface area (Å²) in [5, 5.41) is 4.88. The second kappa shape index (κ2) is 7.06. The van der Waals surface area contributed by atoms with Crippen LogP contribution in [-0.4, -0.2) is 20.4 Å². The van der Waals surface area contributed by atoms with E-state index in [0.717, 1.165) is 21.7 Å². The summed E-state index contributed by atoms with van der Waals surface area (Å²) in [6.07, 6.45) is 0.158. The summed E-state index contributed by atoms with van der Waals surface area (Å²) in [4.78, 5) is 33.3. The fourth-order valence-corrected chi connectivity index (χ4v) is 3.95. The Morgan fingerprint density at radius 1 is 1.17 bits per heavy atom. The molecule has 144 valence electrons. The number of imidazole rings is 1. The highest BCUT2D eigenvalue weighted by molar-refractivity contribution is 7.13. The number of anilines is 1. The number of oxazole rings is 1. The van der Waals surface area contributed by atoms with Gasteiger partial charge in [0.15, 0.2) is 5.58 Å². The lowest BCUT2D eigenvalue weighted by Crippen LogP contribution is -2.19. The van der Waals surface area contributed by atoms with Crippen molar-refractivity contribution in [2.75, 3.05) is 5.32 Å². The number of carbonyl (C=O) groups excluding carboxylic acids is 1. The first-order chi connectivity index (χ1) is 14.2. The van der Waals surface area contributed by atoms with Crippen LogP contribution in [0.5, 0.6) is 0 Å². The smallest absolute Gasteiger partial charge is 0.408 e. The molecule has 8 heteroatoms. The summed E-state index contributed by atoms with van der Waals surface area (Å²) in [7, 11) is 0. The number of amides is 1. The molecule has 5 rings (SSSR count). The van der Waals surface area contributed by atoms with Crippen LogP contribution in [0.2, 0.25) is 0 Å². The number of fused-ring (bicyclic) bond motifs is 2. The molecular weight excluding hydrogens is 388 g/mol. The quantitative estimate of drug-likeness (QED) is 0.458. The summed E-state index contributed by atoms with van der Waals surface area (Å²) in [5.41, 5.74) is 3.56. The zero-order valence-electron chi connectivity index (χ0n) is 15.2. The Hall–Kier alpha value is -3.65. The number of aromatic nitrogens is 3. The van der Waals surface area contributed by atoms with Gasteiger partial charge in [0.25, 0.3) is 0 Å². The predicted octanol–water partition coefficient (Wildman–Crippen LogP) is 4.23. The molecule has 0 unspecified atom stereocenters. The van der Waals surface area contributed by atoms with Crippen molar-refractivity contribution in [2.24, 2.45) is 0 Å². The molecule has 3 aromatic heterocycles. The van der Waals surface area contributed by atoms with E-state index in [0.29, 0.717) is 16.8 Å². The number of H-pyrrole nitrogens is 1. The molecular formula is C21H16N4O3S. The molecule has 0 saturated carbocycles. The van der Waals surface area contributed by atoms with Crippen molar-refractivity contribution < 1.29 is 9.21 Å². The number of thiophene rings is 1. The number of hydrogen-bond donors (Lipinski definition) is 2. The van der Waals surface area contributed by atoms with Crippen LogP contribution in [0.15, 0.2) is 69.2 Å². The van der Waals surface area contributed by atoms with E-state index in [-0.39, 0.29) is 18.9 Å². The van der Waals surface area contributed by atoms with Crippen LogP contribution in [0.1, 0.15) is 6.42 Å². The van der Waals surface area contributed by atoms with E-state index in [1.165, 1.54) is 4.57 Å². The zero-order valence-corrected chi connectivity index (χ0v) is 16.0. The number of hydrogen-bond acceptors (Lipinski definition) is 5. The van der Waals surface area contributed by atoms with Crippen molar-refractivity contribution in [3.05, 3.63) is 70.5 Å². The highest BCUT2D eigenvalue weighted by atomic mass is 32.1. The highest BCUT2D eigenvalue weighted by Gasteiger charge is 2.12. The number of aryl methyl sites for hydroxylation is 1. The lowest BCUT2D eigenvalue weighted by atomic mass is 10.2. The number of carbonyl (C=O) groups is 1. The van der Waals surface area contributed by atoms with Gasteiger partial charge in [-0.25, -0.2) is 9.78 Å². The number of para-hydroxylation sites is 2. The van der Waals surface area contributed by atoms with Gasteiger partial charge in [0.05, 0.1) is 21.4 Å². The van der Waals surface area contributed by atoms with E-state index in [9.17, 15) is 9.59 Å².